The molecule has 140 valence electrons. The number of furan rings is 1. The Balaban J connectivity index is 1.40. The first-order valence-corrected chi connectivity index (χ1v) is 9.54. The lowest BCUT2D eigenvalue weighted by atomic mass is 9.90. The molecule has 4 rings (SSSR count). The SMILES string of the molecule is Cc1ccc(-c2cc(C(=O)N3CCC(Cc4ccccc4)CC3)n(C)n2)o1. The maximum atomic E-state index is 13.0. The van der Waals surface area contributed by atoms with E-state index in [0.29, 0.717) is 23.1 Å². The van der Waals surface area contributed by atoms with Gasteiger partial charge in [-0.05, 0) is 49.8 Å². The molecule has 0 radical (unpaired) electrons. The van der Waals surface area contributed by atoms with Gasteiger partial charge in [-0.25, -0.2) is 0 Å². The number of aryl methyl sites for hydroxylation is 2. The average molecular weight is 363 g/mol. The van der Waals surface area contributed by atoms with Crippen molar-refractivity contribution in [2.75, 3.05) is 13.1 Å². The van der Waals surface area contributed by atoms with E-state index < -0.39 is 0 Å². The van der Waals surface area contributed by atoms with Crippen molar-refractivity contribution in [1.82, 2.24) is 14.7 Å². The van der Waals surface area contributed by atoms with Crippen molar-refractivity contribution >= 4 is 5.91 Å². The summed E-state index contributed by atoms with van der Waals surface area (Å²) < 4.78 is 7.29. The van der Waals surface area contributed by atoms with Gasteiger partial charge in [0, 0.05) is 26.2 Å². The van der Waals surface area contributed by atoms with Gasteiger partial charge in [0.05, 0.1) is 0 Å². The zero-order valence-electron chi connectivity index (χ0n) is 15.9. The molecule has 1 aromatic carbocycles. The number of piperidine rings is 1. The first kappa shape index (κ1) is 17.6. The van der Waals surface area contributed by atoms with Gasteiger partial charge in [0.2, 0.25) is 0 Å². The Morgan fingerprint density at radius 2 is 1.89 bits per heavy atom. The molecule has 2 aromatic heterocycles. The average Bonchev–Trinajstić information content (AvgIpc) is 3.28. The van der Waals surface area contributed by atoms with Crippen LogP contribution in [0, 0.1) is 12.8 Å². The molecule has 1 saturated heterocycles. The predicted octanol–water partition coefficient (Wildman–Crippen LogP) is 4.08. The lowest BCUT2D eigenvalue weighted by molar-refractivity contribution is 0.0679. The fraction of sp³-hybridized carbons (Fsp3) is 0.364. The standard InChI is InChI=1S/C22H25N3O2/c1-16-8-9-21(27-16)19-15-20(24(2)23-19)22(26)25-12-10-18(11-13-25)14-17-6-4-3-5-7-17/h3-9,15,18H,10-14H2,1-2H3. The number of carbonyl (C=O) groups is 1. The summed E-state index contributed by atoms with van der Waals surface area (Å²) in [6, 6.07) is 16.2. The van der Waals surface area contributed by atoms with Crippen LogP contribution in [0.2, 0.25) is 0 Å². The number of carbonyl (C=O) groups excluding carboxylic acids is 1. The highest BCUT2D eigenvalue weighted by molar-refractivity contribution is 5.93. The summed E-state index contributed by atoms with van der Waals surface area (Å²) in [5.74, 6) is 2.23. The third kappa shape index (κ3) is 3.82. The van der Waals surface area contributed by atoms with E-state index in [-0.39, 0.29) is 5.91 Å². The van der Waals surface area contributed by atoms with Crippen LogP contribution >= 0.6 is 0 Å². The third-order valence-corrected chi connectivity index (χ3v) is 5.36. The summed E-state index contributed by atoms with van der Waals surface area (Å²) in [6.45, 7) is 3.51. The fourth-order valence-corrected chi connectivity index (χ4v) is 3.81. The third-order valence-electron chi connectivity index (χ3n) is 5.36. The van der Waals surface area contributed by atoms with Crippen LogP contribution in [-0.2, 0) is 13.5 Å². The summed E-state index contributed by atoms with van der Waals surface area (Å²) in [7, 11) is 1.81. The maximum Gasteiger partial charge on any atom is 0.272 e. The number of hydrogen-bond donors (Lipinski definition) is 0. The van der Waals surface area contributed by atoms with E-state index in [4.69, 9.17) is 4.42 Å². The van der Waals surface area contributed by atoms with Crippen molar-refractivity contribution in [2.45, 2.75) is 26.2 Å². The molecule has 27 heavy (non-hydrogen) atoms. The Kier molecular flexibility index (Phi) is 4.84. The van der Waals surface area contributed by atoms with Crippen molar-refractivity contribution in [3.8, 4) is 11.5 Å². The van der Waals surface area contributed by atoms with Crippen LogP contribution in [0.5, 0.6) is 0 Å². The zero-order valence-corrected chi connectivity index (χ0v) is 15.9. The summed E-state index contributed by atoms with van der Waals surface area (Å²) in [4.78, 5) is 14.9. The molecule has 1 amide bonds. The minimum Gasteiger partial charge on any atom is -0.460 e. The number of nitrogens with zero attached hydrogens (tertiary/aromatic N) is 3. The summed E-state index contributed by atoms with van der Waals surface area (Å²) in [6.07, 6.45) is 3.18. The van der Waals surface area contributed by atoms with Gasteiger partial charge in [0.25, 0.3) is 5.91 Å². The van der Waals surface area contributed by atoms with Crippen LogP contribution in [0.4, 0.5) is 0 Å². The lowest BCUT2D eigenvalue weighted by Crippen LogP contribution is -2.39. The van der Waals surface area contributed by atoms with E-state index in [1.54, 1.807) is 4.68 Å². The quantitative estimate of drug-likeness (QED) is 0.702. The van der Waals surface area contributed by atoms with Gasteiger partial charge in [-0.3, -0.25) is 9.48 Å². The number of hydrogen-bond acceptors (Lipinski definition) is 3. The van der Waals surface area contributed by atoms with Crippen LogP contribution in [0.25, 0.3) is 11.5 Å². The largest absolute Gasteiger partial charge is 0.460 e. The molecular formula is C22H25N3O2. The van der Waals surface area contributed by atoms with Gasteiger partial charge < -0.3 is 9.32 Å². The van der Waals surface area contributed by atoms with Crippen molar-refractivity contribution < 1.29 is 9.21 Å². The zero-order chi connectivity index (χ0) is 18.8. The smallest absolute Gasteiger partial charge is 0.272 e. The Labute approximate surface area is 159 Å². The molecule has 5 nitrogen and oxygen atoms in total. The second-order valence-electron chi connectivity index (χ2n) is 7.37. The number of benzene rings is 1. The molecule has 0 atom stereocenters. The number of amides is 1. The minimum atomic E-state index is 0.0534. The van der Waals surface area contributed by atoms with Crippen LogP contribution in [0.1, 0.15) is 34.7 Å². The maximum absolute atomic E-state index is 13.0. The van der Waals surface area contributed by atoms with Crippen molar-refractivity contribution in [3.05, 3.63) is 65.5 Å². The monoisotopic (exact) mass is 363 g/mol. The molecule has 3 heterocycles. The van der Waals surface area contributed by atoms with Gasteiger partial charge in [-0.1, -0.05) is 30.3 Å². The van der Waals surface area contributed by atoms with Gasteiger partial charge in [-0.2, -0.15) is 5.10 Å². The molecule has 1 fully saturated rings. The number of aromatic nitrogens is 2. The molecule has 0 aliphatic carbocycles. The number of likely N-dealkylation sites (tertiary alicyclic amines) is 1. The molecular weight excluding hydrogens is 338 g/mol. The molecule has 0 spiro atoms. The molecule has 0 saturated carbocycles. The van der Waals surface area contributed by atoms with E-state index in [9.17, 15) is 4.79 Å². The first-order chi connectivity index (χ1) is 13.1. The summed E-state index contributed by atoms with van der Waals surface area (Å²) in [5, 5.41) is 4.46. The first-order valence-electron chi connectivity index (χ1n) is 9.54. The summed E-state index contributed by atoms with van der Waals surface area (Å²) in [5.41, 5.74) is 2.70. The molecule has 0 bridgehead atoms. The van der Waals surface area contributed by atoms with Crippen LogP contribution < -0.4 is 0 Å². The van der Waals surface area contributed by atoms with Gasteiger partial charge in [0.15, 0.2) is 5.76 Å². The van der Waals surface area contributed by atoms with E-state index in [1.807, 2.05) is 37.1 Å². The summed E-state index contributed by atoms with van der Waals surface area (Å²) >= 11 is 0. The highest BCUT2D eigenvalue weighted by Gasteiger charge is 2.26. The van der Waals surface area contributed by atoms with E-state index in [0.717, 1.165) is 38.1 Å². The normalized spacial score (nSPS) is 15.3. The topological polar surface area (TPSA) is 51.3 Å². The van der Waals surface area contributed by atoms with E-state index in [2.05, 4.69) is 35.4 Å². The number of rotatable bonds is 4. The second kappa shape index (κ2) is 7.43. The second-order valence-corrected chi connectivity index (χ2v) is 7.37. The lowest BCUT2D eigenvalue weighted by Gasteiger charge is -2.32. The highest BCUT2D eigenvalue weighted by Crippen LogP contribution is 2.25. The minimum absolute atomic E-state index is 0.0534. The molecule has 5 heteroatoms. The van der Waals surface area contributed by atoms with E-state index >= 15 is 0 Å². The Morgan fingerprint density at radius 1 is 1.15 bits per heavy atom. The van der Waals surface area contributed by atoms with Gasteiger partial charge >= 0.3 is 0 Å². The predicted molar refractivity (Wildman–Crippen MR) is 104 cm³/mol. The van der Waals surface area contributed by atoms with Crippen molar-refractivity contribution in [2.24, 2.45) is 13.0 Å². The van der Waals surface area contributed by atoms with Crippen LogP contribution in [0.3, 0.4) is 0 Å². The molecule has 1 aliphatic heterocycles. The molecule has 1 aliphatic rings. The van der Waals surface area contributed by atoms with Crippen molar-refractivity contribution in [3.63, 3.8) is 0 Å². The molecule has 0 N–H and O–H groups in total. The van der Waals surface area contributed by atoms with Crippen LogP contribution in [-0.4, -0.2) is 33.7 Å². The van der Waals surface area contributed by atoms with Crippen molar-refractivity contribution in [1.29, 1.82) is 0 Å². The fourth-order valence-electron chi connectivity index (χ4n) is 3.81. The van der Waals surface area contributed by atoms with Gasteiger partial charge in [0.1, 0.15) is 17.1 Å². The highest BCUT2D eigenvalue weighted by atomic mass is 16.3. The Morgan fingerprint density at radius 3 is 2.56 bits per heavy atom. The Bertz CT molecular complexity index is 918. The van der Waals surface area contributed by atoms with Crippen LogP contribution in [0.15, 0.2) is 52.9 Å². The Hall–Kier alpha value is -2.82. The van der Waals surface area contributed by atoms with Gasteiger partial charge in [-0.15, -0.1) is 0 Å². The molecule has 3 aromatic rings. The molecule has 0 unspecified atom stereocenters. The van der Waals surface area contributed by atoms with E-state index in [1.165, 1.54) is 5.56 Å².